The molecule has 1 aromatic heterocycles. The van der Waals surface area contributed by atoms with E-state index in [1.54, 1.807) is 5.38 Å². The van der Waals surface area contributed by atoms with E-state index in [0.717, 1.165) is 4.90 Å². The molecule has 1 aliphatic rings. The van der Waals surface area contributed by atoms with Crippen LogP contribution in [0.4, 0.5) is 5.13 Å². The summed E-state index contributed by atoms with van der Waals surface area (Å²) >= 11 is 1.19. The fraction of sp³-hybridized carbons (Fsp3) is 0.0769. The molecule has 2 amide bonds. The fourth-order valence-corrected chi connectivity index (χ4v) is 2.62. The Hall–Kier alpha value is -2.54. The number of nitrogens with zero attached hydrogens (tertiary/aromatic N) is 2. The predicted molar refractivity (Wildman–Crippen MR) is 71.0 cm³/mol. The summed E-state index contributed by atoms with van der Waals surface area (Å²) in [5.41, 5.74) is 0.680. The van der Waals surface area contributed by atoms with Crippen molar-refractivity contribution in [1.82, 2.24) is 4.98 Å². The first kappa shape index (κ1) is 12.5. The van der Waals surface area contributed by atoms with Gasteiger partial charge in [-0.15, -0.1) is 11.3 Å². The summed E-state index contributed by atoms with van der Waals surface area (Å²) in [5.74, 6) is -1.47. The molecule has 0 radical (unpaired) electrons. The Labute approximate surface area is 117 Å². The Morgan fingerprint density at radius 1 is 1.25 bits per heavy atom. The molecular formula is C13H8N2O4S. The molecule has 20 heavy (non-hydrogen) atoms. The predicted octanol–water partition coefficient (Wildman–Crippen LogP) is 1.73. The van der Waals surface area contributed by atoms with E-state index in [0.29, 0.717) is 5.13 Å². The van der Waals surface area contributed by atoms with Crippen LogP contribution in [0.3, 0.4) is 0 Å². The van der Waals surface area contributed by atoms with Crippen molar-refractivity contribution in [2.45, 2.75) is 0 Å². The number of benzene rings is 1. The molecule has 7 heteroatoms. The van der Waals surface area contributed by atoms with Gasteiger partial charge >= 0.3 is 5.97 Å². The minimum atomic E-state index is -0.555. The van der Waals surface area contributed by atoms with Crippen molar-refractivity contribution in [3.8, 4) is 0 Å². The molecule has 0 aliphatic carbocycles. The highest BCUT2D eigenvalue weighted by molar-refractivity contribution is 7.14. The highest BCUT2D eigenvalue weighted by atomic mass is 32.1. The number of rotatable bonds is 2. The van der Waals surface area contributed by atoms with E-state index >= 15 is 0 Å². The van der Waals surface area contributed by atoms with Crippen LogP contribution in [0.1, 0.15) is 31.1 Å². The van der Waals surface area contributed by atoms with Crippen LogP contribution in [0, 0.1) is 0 Å². The van der Waals surface area contributed by atoms with Crippen molar-refractivity contribution in [2.75, 3.05) is 12.0 Å². The van der Waals surface area contributed by atoms with Crippen molar-refractivity contribution in [2.24, 2.45) is 0 Å². The molecule has 0 N–H and O–H groups in total. The van der Waals surface area contributed by atoms with Gasteiger partial charge in [-0.25, -0.2) is 14.7 Å². The maximum Gasteiger partial charge on any atom is 0.337 e. The summed E-state index contributed by atoms with van der Waals surface area (Å²) in [6.45, 7) is 0. The molecule has 0 unspecified atom stereocenters. The summed E-state index contributed by atoms with van der Waals surface area (Å²) in [6, 6.07) is 4.28. The Morgan fingerprint density at radius 3 is 2.65 bits per heavy atom. The zero-order valence-electron chi connectivity index (χ0n) is 10.3. The Morgan fingerprint density at radius 2 is 2.00 bits per heavy atom. The third-order valence-electron chi connectivity index (χ3n) is 2.92. The number of fused-ring (bicyclic) bond motifs is 1. The summed E-state index contributed by atoms with van der Waals surface area (Å²) in [6.07, 6.45) is 1.52. The molecular weight excluding hydrogens is 280 g/mol. The number of esters is 1. The van der Waals surface area contributed by atoms with Gasteiger partial charge in [0.05, 0.1) is 23.8 Å². The number of anilines is 1. The van der Waals surface area contributed by atoms with Crippen molar-refractivity contribution < 1.29 is 19.1 Å². The smallest absolute Gasteiger partial charge is 0.337 e. The van der Waals surface area contributed by atoms with Gasteiger partial charge in [0.25, 0.3) is 11.8 Å². The molecule has 0 saturated heterocycles. The van der Waals surface area contributed by atoms with E-state index in [-0.39, 0.29) is 16.7 Å². The number of carbonyl (C=O) groups excluding carboxylic acids is 3. The maximum atomic E-state index is 12.3. The van der Waals surface area contributed by atoms with Crippen LogP contribution in [-0.4, -0.2) is 29.9 Å². The number of carbonyl (C=O) groups is 3. The van der Waals surface area contributed by atoms with Gasteiger partial charge in [0.2, 0.25) is 0 Å². The molecule has 0 atom stereocenters. The third kappa shape index (κ3) is 1.71. The first-order valence-corrected chi connectivity index (χ1v) is 6.52. The summed E-state index contributed by atoms with van der Waals surface area (Å²) in [5, 5.41) is 1.99. The van der Waals surface area contributed by atoms with E-state index in [2.05, 4.69) is 9.72 Å². The number of thiazole rings is 1. The van der Waals surface area contributed by atoms with Crippen LogP contribution in [0.15, 0.2) is 29.8 Å². The highest BCUT2D eigenvalue weighted by Crippen LogP contribution is 2.30. The van der Waals surface area contributed by atoms with Crippen molar-refractivity contribution in [3.05, 3.63) is 46.5 Å². The zero-order chi connectivity index (χ0) is 14.3. The standard InChI is InChI=1S/C13H8N2O4S/c1-19-12(18)7-2-3-8-9(6-7)11(17)15(10(8)16)13-14-4-5-20-13/h2-6H,1H3. The van der Waals surface area contributed by atoms with Crippen LogP contribution in [0.25, 0.3) is 0 Å². The Bertz CT molecular complexity index is 724. The minimum absolute atomic E-state index is 0.188. The lowest BCUT2D eigenvalue weighted by Gasteiger charge is -2.08. The van der Waals surface area contributed by atoms with Crippen LogP contribution in [0.2, 0.25) is 0 Å². The van der Waals surface area contributed by atoms with E-state index < -0.39 is 17.8 Å². The molecule has 3 rings (SSSR count). The van der Waals surface area contributed by atoms with Gasteiger partial charge in [-0.2, -0.15) is 0 Å². The Balaban J connectivity index is 2.07. The van der Waals surface area contributed by atoms with Gasteiger partial charge in [-0.1, -0.05) is 0 Å². The lowest BCUT2D eigenvalue weighted by molar-refractivity contribution is 0.0600. The van der Waals surface area contributed by atoms with Crippen LogP contribution in [-0.2, 0) is 4.74 Å². The number of hydrogen-bond acceptors (Lipinski definition) is 6. The third-order valence-corrected chi connectivity index (χ3v) is 3.67. The van der Waals surface area contributed by atoms with E-state index in [1.165, 1.54) is 42.8 Å². The summed E-state index contributed by atoms with van der Waals surface area (Å²) in [7, 11) is 1.25. The molecule has 6 nitrogen and oxygen atoms in total. The first-order chi connectivity index (χ1) is 9.63. The largest absolute Gasteiger partial charge is 0.465 e. The first-order valence-electron chi connectivity index (χ1n) is 5.64. The maximum absolute atomic E-state index is 12.3. The second-order valence-corrected chi connectivity index (χ2v) is 4.89. The lowest BCUT2D eigenvalue weighted by Crippen LogP contribution is -2.29. The number of aromatic nitrogens is 1. The number of ether oxygens (including phenoxy) is 1. The molecule has 0 saturated carbocycles. The van der Waals surface area contributed by atoms with Gasteiger partial charge in [-0.05, 0) is 18.2 Å². The fourth-order valence-electron chi connectivity index (χ4n) is 1.99. The molecule has 2 heterocycles. The van der Waals surface area contributed by atoms with Crippen molar-refractivity contribution in [1.29, 1.82) is 0 Å². The van der Waals surface area contributed by atoms with Crippen molar-refractivity contribution >= 4 is 34.3 Å². The second-order valence-electron chi connectivity index (χ2n) is 4.01. The monoisotopic (exact) mass is 288 g/mol. The number of imide groups is 1. The SMILES string of the molecule is COC(=O)c1ccc2c(c1)C(=O)N(c1nccs1)C2=O. The van der Waals surface area contributed by atoms with E-state index in [1.807, 2.05) is 0 Å². The van der Waals surface area contributed by atoms with Gasteiger partial charge in [0, 0.05) is 11.6 Å². The van der Waals surface area contributed by atoms with Crippen LogP contribution >= 0.6 is 11.3 Å². The topological polar surface area (TPSA) is 76.6 Å². The highest BCUT2D eigenvalue weighted by Gasteiger charge is 2.38. The van der Waals surface area contributed by atoms with Gasteiger partial charge < -0.3 is 4.74 Å². The van der Waals surface area contributed by atoms with Crippen molar-refractivity contribution in [3.63, 3.8) is 0 Å². The van der Waals surface area contributed by atoms with Gasteiger partial charge in [0.1, 0.15) is 0 Å². The molecule has 1 aromatic carbocycles. The molecule has 0 bridgehead atoms. The molecule has 0 spiro atoms. The average Bonchev–Trinajstić information content (AvgIpc) is 3.06. The minimum Gasteiger partial charge on any atom is -0.465 e. The zero-order valence-corrected chi connectivity index (χ0v) is 11.1. The number of amides is 2. The molecule has 100 valence electrons. The molecule has 2 aromatic rings. The Kier molecular flexibility index (Phi) is 2.83. The van der Waals surface area contributed by atoms with E-state index in [4.69, 9.17) is 0 Å². The van der Waals surface area contributed by atoms with Gasteiger partial charge in [-0.3, -0.25) is 9.59 Å². The quantitative estimate of drug-likeness (QED) is 0.621. The van der Waals surface area contributed by atoms with Crippen LogP contribution < -0.4 is 4.90 Å². The van der Waals surface area contributed by atoms with Crippen LogP contribution in [0.5, 0.6) is 0 Å². The normalized spacial score (nSPS) is 13.6. The summed E-state index contributed by atoms with van der Waals surface area (Å²) < 4.78 is 4.60. The lowest BCUT2D eigenvalue weighted by atomic mass is 10.1. The second kappa shape index (κ2) is 4.53. The van der Waals surface area contributed by atoms with E-state index in [9.17, 15) is 14.4 Å². The molecule has 1 aliphatic heterocycles. The number of methoxy groups -OCH3 is 1. The van der Waals surface area contributed by atoms with Gasteiger partial charge in [0.15, 0.2) is 5.13 Å². The molecule has 0 fully saturated rings. The summed E-state index contributed by atoms with van der Waals surface area (Å²) in [4.78, 5) is 40.9. The average molecular weight is 288 g/mol. The number of hydrogen-bond donors (Lipinski definition) is 0.